The van der Waals surface area contributed by atoms with Crippen LogP contribution in [0.25, 0.3) is 5.65 Å². The summed E-state index contributed by atoms with van der Waals surface area (Å²) in [7, 11) is 0. The molecule has 1 atom stereocenters. The molecule has 0 unspecified atom stereocenters. The van der Waals surface area contributed by atoms with E-state index in [1.807, 2.05) is 42.5 Å². The molecule has 2 aromatic carbocycles. The van der Waals surface area contributed by atoms with Gasteiger partial charge in [0.15, 0.2) is 11.5 Å². The highest BCUT2D eigenvalue weighted by molar-refractivity contribution is 5.45. The van der Waals surface area contributed by atoms with E-state index >= 15 is 0 Å². The minimum Gasteiger partial charge on any atom is -0.508 e. The molecule has 4 rings (SSSR count). The molecule has 0 amide bonds. The molecule has 6 nitrogen and oxygen atoms in total. The summed E-state index contributed by atoms with van der Waals surface area (Å²) in [6.07, 6.45) is 0.589. The highest BCUT2D eigenvalue weighted by Crippen LogP contribution is 2.18. The predicted molar refractivity (Wildman–Crippen MR) is 100 cm³/mol. The molecule has 0 aliphatic carbocycles. The second-order valence-electron chi connectivity index (χ2n) is 6.22. The maximum atomic E-state index is 9.41. The molecule has 130 valence electrons. The summed E-state index contributed by atoms with van der Waals surface area (Å²) in [6, 6.07) is 21.3. The van der Waals surface area contributed by atoms with Gasteiger partial charge in [-0.15, -0.1) is 15.3 Å². The molecule has 0 radical (unpaired) electrons. The number of aromatic hydroxyl groups is 1. The molecule has 4 aromatic rings. The zero-order valence-corrected chi connectivity index (χ0v) is 14.4. The van der Waals surface area contributed by atoms with Gasteiger partial charge in [-0.2, -0.15) is 4.52 Å². The minimum atomic E-state index is 0.137. The Kier molecular flexibility index (Phi) is 4.23. The number of hydrogen-bond donors (Lipinski definition) is 2. The van der Waals surface area contributed by atoms with E-state index in [-0.39, 0.29) is 11.8 Å². The SMILES string of the molecule is C[C@@H](Nc1ccc2nnc(Cc3ccc(O)cc3)n2n1)c1ccccc1. The number of anilines is 1. The van der Waals surface area contributed by atoms with Crippen molar-refractivity contribution in [2.45, 2.75) is 19.4 Å². The van der Waals surface area contributed by atoms with E-state index in [0.717, 1.165) is 17.2 Å². The van der Waals surface area contributed by atoms with Crippen molar-refractivity contribution in [1.29, 1.82) is 0 Å². The van der Waals surface area contributed by atoms with E-state index in [1.54, 1.807) is 16.6 Å². The normalized spacial score (nSPS) is 12.2. The Morgan fingerprint density at radius 2 is 1.73 bits per heavy atom. The number of aromatic nitrogens is 4. The molecule has 0 aliphatic heterocycles. The van der Waals surface area contributed by atoms with Gasteiger partial charge in [0.25, 0.3) is 0 Å². The van der Waals surface area contributed by atoms with Crippen molar-refractivity contribution in [1.82, 2.24) is 19.8 Å². The summed E-state index contributed by atoms with van der Waals surface area (Å²) in [6.45, 7) is 2.10. The average molecular weight is 345 g/mol. The quantitative estimate of drug-likeness (QED) is 0.578. The number of phenolic OH excluding ortho intramolecular Hbond substituents is 1. The lowest BCUT2D eigenvalue weighted by molar-refractivity contribution is 0.475. The second-order valence-corrected chi connectivity index (χ2v) is 6.22. The smallest absolute Gasteiger partial charge is 0.178 e. The lowest BCUT2D eigenvalue weighted by Crippen LogP contribution is -2.10. The highest BCUT2D eigenvalue weighted by atomic mass is 16.3. The number of rotatable bonds is 5. The molecular formula is C20H19N5O. The van der Waals surface area contributed by atoms with Crippen molar-refractivity contribution in [3.05, 3.63) is 83.7 Å². The van der Waals surface area contributed by atoms with E-state index in [1.165, 1.54) is 5.56 Å². The fraction of sp³-hybridized carbons (Fsp3) is 0.150. The van der Waals surface area contributed by atoms with Crippen LogP contribution in [0.4, 0.5) is 5.82 Å². The molecule has 0 bridgehead atoms. The first-order chi connectivity index (χ1) is 12.7. The molecule has 0 saturated heterocycles. The first-order valence-corrected chi connectivity index (χ1v) is 8.50. The minimum absolute atomic E-state index is 0.137. The van der Waals surface area contributed by atoms with Gasteiger partial charge in [0, 0.05) is 12.5 Å². The molecule has 0 spiro atoms. The molecule has 6 heteroatoms. The van der Waals surface area contributed by atoms with E-state index in [2.05, 4.69) is 39.7 Å². The van der Waals surface area contributed by atoms with Crippen LogP contribution < -0.4 is 5.32 Å². The van der Waals surface area contributed by atoms with Crippen LogP contribution in [-0.2, 0) is 6.42 Å². The third-order valence-corrected chi connectivity index (χ3v) is 4.29. The van der Waals surface area contributed by atoms with Gasteiger partial charge in [-0.1, -0.05) is 42.5 Å². The van der Waals surface area contributed by atoms with Gasteiger partial charge in [-0.25, -0.2) is 0 Å². The summed E-state index contributed by atoms with van der Waals surface area (Å²) in [5, 5.41) is 25.9. The van der Waals surface area contributed by atoms with Crippen molar-refractivity contribution < 1.29 is 5.11 Å². The second kappa shape index (κ2) is 6.84. The fourth-order valence-electron chi connectivity index (χ4n) is 2.86. The van der Waals surface area contributed by atoms with E-state index < -0.39 is 0 Å². The Morgan fingerprint density at radius 1 is 0.962 bits per heavy atom. The highest BCUT2D eigenvalue weighted by Gasteiger charge is 2.11. The van der Waals surface area contributed by atoms with Crippen LogP contribution in [0.2, 0.25) is 0 Å². The fourth-order valence-corrected chi connectivity index (χ4v) is 2.86. The van der Waals surface area contributed by atoms with Crippen molar-refractivity contribution in [3.8, 4) is 5.75 Å². The van der Waals surface area contributed by atoms with Crippen molar-refractivity contribution in [2.75, 3.05) is 5.32 Å². The zero-order valence-electron chi connectivity index (χ0n) is 14.4. The number of phenols is 1. The zero-order chi connectivity index (χ0) is 17.9. The van der Waals surface area contributed by atoms with Gasteiger partial charge in [-0.05, 0) is 42.3 Å². The van der Waals surface area contributed by atoms with Crippen LogP contribution >= 0.6 is 0 Å². The Morgan fingerprint density at radius 3 is 2.50 bits per heavy atom. The number of nitrogens with one attached hydrogen (secondary N) is 1. The molecular weight excluding hydrogens is 326 g/mol. The van der Waals surface area contributed by atoms with Crippen molar-refractivity contribution in [2.24, 2.45) is 0 Å². The summed E-state index contributed by atoms with van der Waals surface area (Å²) in [4.78, 5) is 0. The van der Waals surface area contributed by atoms with Crippen LogP contribution in [0, 0.1) is 0 Å². The molecule has 2 N–H and O–H groups in total. The van der Waals surface area contributed by atoms with Gasteiger partial charge in [0.2, 0.25) is 0 Å². The van der Waals surface area contributed by atoms with Crippen LogP contribution in [0.15, 0.2) is 66.7 Å². The summed E-state index contributed by atoms with van der Waals surface area (Å²) >= 11 is 0. The molecule has 0 fully saturated rings. The average Bonchev–Trinajstić information content (AvgIpc) is 3.06. The molecule has 0 aliphatic rings. The van der Waals surface area contributed by atoms with Gasteiger partial charge in [0.05, 0.1) is 0 Å². The number of fused-ring (bicyclic) bond motifs is 1. The third kappa shape index (κ3) is 3.35. The maximum absolute atomic E-state index is 9.41. The van der Waals surface area contributed by atoms with Gasteiger partial charge in [-0.3, -0.25) is 0 Å². The molecule has 2 heterocycles. The van der Waals surface area contributed by atoms with Crippen LogP contribution in [0.1, 0.15) is 29.9 Å². The molecule has 2 aromatic heterocycles. The van der Waals surface area contributed by atoms with Gasteiger partial charge < -0.3 is 10.4 Å². The standard InChI is InChI=1S/C20H19N5O/c1-14(16-5-3-2-4-6-16)21-18-11-12-19-22-23-20(25(19)24-18)13-15-7-9-17(26)10-8-15/h2-12,14,26H,13H2,1H3,(H,21,24)/t14-/m1/s1. The topological polar surface area (TPSA) is 75.3 Å². The molecule has 26 heavy (non-hydrogen) atoms. The van der Waals surface area contributed by atoms with Gasteiger partial charge in [0.1, 0.15) is 11.6 Å². The van der Waals surface area contributed by atoms with Crippen LogP contribution in [0.5, 0.6) is 5.75 Å². The van der Waals surface area contributed by atoms with Crippen molar-refractivity contribution in [3.63, 3.8) is 0 Å². The lowest BCUT2D eigenvalue weighted by atomic mass is 10.1. The number of benzene rings is 2. The Bertz CT molecular complexity index is 1010. The maximum Gasteiger partial charge on any atom is 0.178 e. The summed E-state index contributed by atoms with van der Waals surface area (Å²) in [5.74, 6) is 1.77. The Hall–Kier alpha value is -3.41. The number of hydrogen-bond acceptors (Lipinski definition) is 5. The van der Waals surface area contributed by atoms with E-state index in [9.17, 15) is 5.11 Å². The monoisotopic (exact) mass is 345 g/mol. The summed E-state index contributed by atoms with van der Waals surface area (Å²) in [5.41, 5.74) is 2.94. The van der Waals surface area contributed by atoms with Crippen molar-refractivity contribution >= 4 is 11.5 Å². The van der Waals surface area contributed by atoms with E-state index in [4.69, 9.17) is 0 Å². The largest absolute Gasteiger partial charge is 0.508 e. The van der Waals surface area contributed by atoms with E-state index in [0.29, 0.717) is 12.1 Å². The Labute approximate surface area is 151 Å². The van der Waals surface area contributed by atoms with Crippen LogP contribution in [-0.4, -0.2) is 24.9 Å². The van der Waals surface area contributed by atoms with Crippen LogP contribution in [0.3, 0.4) is 0 Å². The third-order valence-electron chi connectivity index (χ3n) is 4.29. The lowest BCUT2D eigenvalue weighted by Gasteiger charge is -2.14. The number of nitrogens with zero attached hydrogens (tertiary/aromatic N) is 4. The molecule has 0 saturated carbocycles. The summed E-state index contributed by atoms with van der Waals surface area (Å²) < 4.78 is 1.76. The first-order valence-electron chi connectivity index (χ1n) is 8.50. The van der Waals surface area contributed by atoms with Gasteiger partial charge >= 0.3 is 0 Å². The predicted octanol–water partition coefficient (Wildman–Crippen LogP) is 3.59. The Balaban J connectivity index is 1.59. The first kappa shape index (κ1) is 16.1.